The van der Waals surface area contributed by atoms with Crippen molar-refractivity contribution in [1.29, 1.82) is 0 Å². The van der Waals surface area contributed by atoms with Crippen LogP contribution < -0.4 is 0 Å². The molecule has 6 nitrogen and oxygen atoms in total. The zero-order valence-electron chi connectivity index (χ0n) is 7.20. The standard InChI is InChI=1S/C7H14O6/c1-12-7-5(11)4(10)6(13-7)3(9)2-8/h3-11H,2H2,1H3/t3-,4+,5-,6-,7+/m1/s1. The Morgan fingerprint density at radius 2 is 2.00 bits per heavy atom. The van der Waals surface area contributed by atoms with Crippen LogP contribution in [0.5, 0.6) is 0 Å². The molecule has 0 aromatic rings. The van der Waals surface area contributed by atoms with Crippen LogP contribution in [0.2, 0.25) is 0 Å². The molecule has 13 heavy (non-hydrogen) atoms. The minimum Gasteiger partial charge on any atom is -0.394 e. The fourth-order valence-corrected chi connectivity index (χ4v) is 1.29. The summed E-state index contributed by atoms with van der Waals surface area (Å²) in [5.41, 5.74) is 0. The Morgan fingerprint density at radius 1 is 1.38 bits per heavy atom. The Hall–Kier alpha value is -0.240. The van der Waals surface area contributed by atoms with Crippen molar-refractivity contribution in [3.63, 3.8) is 0 Å². The molecule has 5 atom stereocenters. The maximum atomic E-state index is 9.33. The van der Waals surface area contributed by atoms with Crippen LogP contribution >= 0.6 is 0 Å². The van der Waals surface area contributed by atoms with Crippen LogP contribution in [0.4, 0.5) is 0 Å². The molecule has 0 aliphatic carbocycles. The number of rotatable bonds is 3. The number of hydrogen-bond acceptors (Lipinski definition) is 6. The maximum absolute atomic E-state index is 9.33. The van der Waals surface area contributed by atoms with Crippen molar-refractivity contribution in [3.05, 3.63) is 0 Å². The van der Waals surface area contributed by atoms with Gasteiger partial charge in [0.05, 0.1) is 6.61 Å². The Bertz CT molecular complexity index is 163. The van der Waals surface area contributed by atoms with E-state index in [0.717, 1.165) is 0 Å². The van der Waals surface area contributed by atoms with Gasteiger partial charge in [0.2, 0.25) is 0 Å². The lowest BCUT2D eigenvalue weighted by Gasteiger charge is -2.18. The van der Waals surface area contributed by atoms with Crippen molar-refractivity contribution in [1.82, 2.24) is 0 Å². The summed E-state index contributed by atoms with van der Waals surface area (Å²) in [4.78, 5) is 0. The van der Waals surface area contributed by atoms with Crippen LogP contribution in [0.1, 0.15) is 0 Å². The molecule has 4 N–H and O–H groups in total. The molecule has 0 unspecified atom stereocenters. The molecular formula is C7H14O6. The summed E-state index contributed by atoms with van der Waals surface area (Å²) >= 11 is 0. The molecule has 1 aliphatic rings. The molecule has 1 saturated heterocycles. The van der Waals surface area contributed by atoms with Gasteiger partial charge in [-0.25, -0.2) is 0 Å². The number of aliphatic hydroxyl groups excluding tert-OH is 4. The van der Waals surface area contributed by atoms with Crippen LogP contribution in [0.3, 0.4) is 0 Å². The van der Waals surface area contributed by atoms with E-state index in [9.17, 15) is 10.2 Å². The second-order valence-corrected chi connectivity index (χ2v) is 2.94. The highest BCUT2D eigenvalue weighted by Crippen LogP contribution is 2.23. The van der Waals surface area contributed by atoms with E-state index in [0.29, 0.717) is 0 Å². The summed E-state index contributed by atoms with van der Waals surface area (Å²) in [7, 11) is 1.31. The second-order valence-electron chi connectivity index (χ2n) is 2.94. The Balaban J connectivity index is 2.60. The first kappa shape index (κ1) is 10.8. The molecule has 0 aromatic carbocycles. The molecule has 0 amide bonds. The van der Waals surface area contributed by atoms with Gasteiger partial charge in [0.15, 0.2) is 6.29 Å². The van der Waals surface area contributed by atoms with Gasteiger partial charge >= 0.3 is 0 Å². The molecule has 1 fully saturated rings. The Labute approximate surface area is 75.3 Å². The predicted octanol–water partition coefficient (Wildman–Crippen LogP) is -2.57. The first-order valence-electron chi connectivity index (χ1n) is 3.95. The average molecular weight is 194 g/mol. The molecule has 1 rings (SSSR count). The largest absolute Gasteiger partial charge is 0.394 e. The van der Waals surface area contributed by atoms with Gasteiger partial charge in [-0.3, -0.25) is 0 Å². The molecule has 1 heterocycles. The molecule has 1 aliphatic heterocycles. The summed E-state index contributed by atoms with van der Waals surface area (Å²) in [6.07, 6.45) is -5.63. The van der Waals surface area contributed by atoms with Crippen LogP contribution in [0.25, 0.3) is 0 Å². The van der Waals surface area contributed by atoms with Crippen molar-refractivity contribution >= 4 is 0 Å². The molecular weight excluding hydrogens is 180 g/mol. The molecule has 6 heteroatoms. The summed E-state index contributed by atoms with van der Waals surface area (Å²) in [5, 5.41) is 36.4. The maximum Gasteiger partial charge on any atom is 0.186 e. The van der Waals surface area contributed by atoms with E-state index >= 15 is 0 Å². The summed E-state index contributed by atoms with van der Waals surface area (Å²) in [5.74, 6) is 0. The van der Waals surface area contributed by atoms with Gasteiger partial charge in [0.25, 0.3) is 0 Å². The fourth-order valence-electron chi connectivity index (χ4n) is 1.29. The van der Waals surface area contributed by atoms with E-state index in [2.05, 4.69) is 0 Å². The van der Waals surface area contributed by atoms with Gasteiger partial charge in [-0.05, 0) is 0 Å². The lowest BCUT2D eigenvalue weighted by atomic mass is 10.1. The average Bonchev–Trinajstić information content (AvgIpc) is 2.43. The highest BCUT2D eigenvalue weighted by molar-refractivity contribution is 4.90. The molecule has 0 bridgehead atoms. The lowest BCUT2D eigenvalue weighted by molar-refractivity contribution is -0.166. The van der Waals surface area contributed by atoms with Gasteiger partial charge in [-0.15, -0.1) is 0 Å². The first-order valence-corrected chi connectivity index (χ1v) is 3.95. The van der Waals surface area contributed by atoms with E-state index in [-0.39, 0.29) is 0 Å². The molecule has 0 radical (unpaired) electrons. The van der Waals surface area contributed by atoms with Crippen molar-refractivity contribution in [2.45, 2.75) is 30.7 Å². The quantitative estimate of drug-likeness (QED) is 0.394. The third-order valence-corrected chi connectivity index (χ3v) is 2.06. The van der Waals surface area contributed by atoms with Crippen LogP contribution in [0.15, 0.2) is 0 Å². The van der Waals surface area contributed by atoms with Crippen LogP contribution in [0, 0.1) is 0 Å². The highest BCUT2D eigenvalue weighted by Gasteiger charge is 2.45. The van der Waals surface area contributed by atoms with Crippen molar-refractivity contribution in [3.8, 4) is 0 Å². The van der Waals surface area contributed by atoms with Crippen molar-refractivity contribution in [2.24, 2.45) is 0 Å². The minimum atomic E-state index is -1.24. The van der Waals surface area contributed by atoms with E-state index in [4.69, 9.17) is 19.7 Å². The predicted molar refractivity (Wildman–Crippen MR) is 40.8 cm³/mol. The fraction of sp³-hybridized carbons (Fsp3) is 1.00. The number of hydrogen-bond donors (Lipinski definition) is 4. The van der Waals surface area contributed by atoms with Gasteiger partial charge in [0.1, 0.15) is 24.4 Å². The lowest BCUT2D eigenvalue weighted by Crippen LogP contribution is -2.40. The highest BCUT2D eigenvalue weighted by atomic mass is 16.7. The van der Waals surface area contributed by atoms with Crippen LogP contribution in [-0.2, 0) is 9.47 Å². The molecule has 78 valence electrons. The third kappa shape index (κ3) is 1.98. The Kier molecular flexibility index (Phi) is 3.60. The zero-order valence-corrected chi connectivity index (χ0v) is 7.20. The van der Waals surface area contributed by atoms with Gasteiger partial charge in [-0.1, -0.05) is 0 Å². The van der Waals surface area contributed by atoms with Crippen LogP contribution in [-0.4, -0.2) is 64.8 Å². The third-order valence-electron chi connectivity index (χ3n) is 2.06. The summed E-state index contributed by atoms with van der Waals surface area (Å²) in [6.45, 7) is -0.537. The molecule has 0 aromatic heterocycles. The molecule has 0 spiro atoms. The topological polar surface area (TPSA) is 99.4 Å². The SMILES string of the molecule is CO[C@H]1O[C@H]([C@H](O)CO)[C@@H](O)[C@H]1O. The van der Waals surface area contributed by atoms with Gasteiger partial charge < -0.3 is 29.9 Å². The van der Waals surface area contributed by atoms with E-state index in [1.54, 1.807) is 0 Å². The summed E-state index contributed by atoms with van der Waals surface area (Å²) < 4.78 is 9.65. The smallest absolute Gasteiger partial charge is 0.186 e. The van der Waals surface area contributed by atoms with Crippen molar-refractivity contribution in [2.75, 3.05) is 13.7 Å². The van der Waals surface area contributed by atoms with E-state index in [1.165, 1.54) is 7.11 Å². The van der Waals surface area contributed by atoms with Crippen molar-refractivity contribution < 1.29 is 29.9 Å². The van der Waals surface area contributed by atoms with Gasteiger partial charge in [-0.2, -0.15) is 0 Å². The van der Waals surface area contributed by atoms with E-state index in [1.807, 2.05) is 0 Å². The monoisotopic (exact) mass is 194 g/mol. The number of ether oxygens (including phenoxy) is 2. The minimum absolute atomic E-state index is 0.537. The van der Waals surface area contributed by atoms with E-state index < -0.39 is 37.3 Å². The summed E-state index contributed by atoms with van der Waals surface area (Å²) in [6, 6.07) is 0. The normalized spacial score (nSPS) is 42.2. The number of aliphatic hydroxyl groups is 4. The second kappa shape index (κ2) is 4.32. The van der Waals surface area contributed by atoms with Gasteiger partial charge in [0, 0.05) is 7.11 Å². The Morgan fingerprint density at radius 3 is 2.38 bits per heavy atom. The molecule has 0 saturated carbocycles. The first-order chi connectivity index (χ1) is 6.11. The number of methoxy groups -OCH3 is 1. The zero-order chi connectivity index (χ0) is 10.0.